The zero-order chi connectivity index (χ0) is 30.0. The molecule has 1 nitrogen and oxygen atoms in total. The number of nitrogens with zero attached hydrogens (tertiary/aromatic N) is 1. The second-order valence-electron chi connectivity index (χ2n) is 11.4. The van der Waals surface area contributed by atoms with Gasteiger partial charge in [0, 0.05) is 17.1 Å². The maximum atomic E-state index is 2.36. The van der Waals surface area contributed by atoms with Crippen molar-refractivity contribution in [1.29, 1.82) is 0 Å². The van der Waals surface area contributed by atoms with Crippen molar-refractivity contribution in [2.45, 2.75) is 0 Å². The number of hydrogen-bond acceptors (Lipinski definition) is 1. The summed E-state index contributed by atoms with van der Waals surface area (Å²) in [6.45, 7) is 0. The molecule has 0 spiro atoms. The van der Waals surface area contributed by atoms with Gasteiger partial charge in [-0.3, -0.25) is 0 Å². The molecule has 8 aromatic rings. The van der Waals surface area contributed by atoms with Gasteiger partial charge in [-0.1, -0.05) is 152 Å². The van der Waals surface area contributed by atoms with Crippen LogP contribution in [0, 0.1) is 0 Å². The molecule has 8 rings (SSSR count). The van der Waals surface area contributed by atoms with Crippen LogP contribution in [0.3, 0.4) is 0 Å². The molecular weight excluding hydrogens is 542 g/mol. The van der Waals surface area contributed by atoms with E-state index in [0.29, 0.717) is 0 Å². The van der Waals surface area contributed by atoms with Crippen LogP contribution in [0.4, 0.5) is 17.1 Å². The van der Waals surface area contributed by atoms with E-state index < -0.39 is 0 Å². The number of fused-ring (bicyclic) bond motifs is 2. The minimum atomic E-state index is 1.11. The van der Waals surface area contributed by atoms with E-state index in [1.165, 1.54) is 54.9 Å². The molecule has 0 saturated carbocycles. The maximum Gasteiger partial charge on any atom is 0.0467 e. The van der Waals surface area contributed by atoms with Crippen LogP contribution >= 0.6 is 0 Å². The standard InChI is InChI=1S/C44H31N/c1-2-11-32(12-3-1)33-23-27-38(28-24-33)45(39-29-25-36(26-30-39)43-21-9-15-34-13-4-6-19-41(34)43)40-18-8-17-37(31-40)44-22-10-16-35-14-5-7-20-42(35)44/h1-31H. The lowest BCUT2D eigenvalue weighted by molar-refractivity contribution is 1.28. The average molecular weight is 574 g/mol. The van der Waals surface area contributed by atoms with Gasteiger partial charge in [0.25, 0.3) is 0 Å². The Kier molecular flexibility index (Phi) is 6.90. The summed E-state index contributed by atoms with van der Waals surface area (Å²) in [5, 5.41) is 5.03. The Morgan fingerprint density at radius 1 is 0.267 bits per heavy atom. The third-order valence-electron chi connectivity index (χ3n) is 8.66. The summed E-state index contributed by atoms with van der Waals surface area (Å²) in [6, 6.07) is 67.6. The monoisotopic (exact) mass is 573 g/mol. The number of benzene rings is 8. The highest BCUT2D eigenvalue weighted by molar-refractivity contribution is 5.98. The van der Waals surface area contributed by atoms with E-state index in [2.05, 4.69) is 193 Å². The zero-order valence-electron chi connectivity index (χ0n) is 24.8. The van der Waals surface area contributed by atoms with E-state index in [1.54, 1.807) is 0 Å². The van der Waals surface area contributed by atoms with Crippen LogP contribution in [-0.2, 0) is 0 Å². The Hall–Kier alpha value is -5.92. The largest absolute Gasteiger partial charge is 0.310 e. The van der Waals surface area contributed by atoms with Crippen molar-refractivity contribution in [3.8, 4) is 33.4 Å². The van der Waals surface area contributed by atoms with Crippen LogP contribution in [0.15, 0.2) is 188 Å². The van der Waals surface area contributed by atoms with Gasteiger partial charge in [0.05, 0.1) is 0 Å². The molecule has 0 fully saturated rings. The van der Waals surface area contributed by atoms with Gasteiger partial charge in [-0.05, 0) is 91.3 Å². The molecule has 45 heavy (non-hydrogen) atoms. The third-order valence-corrected chi connectivity index (χ3v) is 8.66. The molecule has 212 valence electrons. The van der Waals surface area contributed by atoms with Crippen molar-refractivity contribution >= 4 is 38.6 Å². The molecular formula is C44H31N. The Labute approximate surface area is 264 Å². The van der Waals surface area contributed by atoms with Crippen molar-refractivity contribution < 1.29 is 0 Å². The lowest BCUT2D eigenvalue weighted by Crippen LogP contribution is -2.10. The van der Waals surface area contributed by atoms with Gasteiger partial charge >= 0.3 is 0 Å². The van der Waals surface area contributed by atoms with Gasteiger partial charge in [0.15, 0.2) is 0 Å². The van der Waals surface area contributed by atoms with E-state index in [1.807, 2.05) is 0 Å². The summed E-state index contributed by atoms with van der Waals surface area (Å²) in [4.78, 5) is 2.36. The number of rotatable bonds is 6. The molecule has 0 saturated heterocycles. The van der Waals surface area contributed by atoms with Crippen molar-refractivity contribution in [3.05, 3.63) is 188 Å². The van der Waals surface area contributed by atoms with Crippen LogP contribution in [0.25, 0.3) is 54.9 Å². The first-order chi connectivity index (χ1) is 22.3. The molecule has 1 heteroatoms. The van der Waals surface area contributed by atoms with Crippen LogP contribution in [0.2, 0.25) is 0 Å². The summed E-state index contributed by atoms with van der Waals surface area (Å²) >= 11 is 0. The Morgan fingerprint density at radius 3 is 1.33 bits per heavy atom. The average Bonchev–Trinajstić information content (AvgIpc) is 3.12. The lowest BCUT2D eigenvalue weighted by atomic mass is 9.97. The highest BCUT2D eigenvalue weighted by Crippen LogP contribution is 2.40. The summed E-state index contributed by atoms with van der Waals surface area (Å²) < 4.78 is 0. The molecule has 0 amide bonds. The van der Waals surface area contributed by atoms with E-state index >= 15 is 0 Å². The molecule has 0 heterocycles. The van der Waals surface area contributed by atoms with Gasteiger partial charge < -0.3 is 4.90 Å². The van der Waals surface area contributed by atoms with Gasteiger partial charge in [-0.25, -0.2) is 0 Å². The van der Waals surface area contributed by atoms with E-state index in [9.17, 15) is 0 Å². The van der Waals surface area contributed by atoms with Gasteiger partial charge in [0.1, 0.15) is 0 Å². The van der Waals surface area contributed by atoms with Crippen molar-refractivity contribution in [2.24, 2.45) is 0 Å². The molecule has 0 bridgehead atoms. The fourth-order valence-corrected chi connectivity index (χ4v) is 6.44. The Balaban J connectivity index is 1.24. The quantitative estimate of drug-likeness (QED) is 0.191. The molecule has 0 aliphatic heterocycles. The SMILES string of the molecule is c1ccc(-c2ccc(N(c3ccc(-c4cccc5ccccc45)cc3)c3cccc(-c4cccc5ccccc45)c3)cc2)cc1. The molecule has 0 aromatic heterocycles. The molecule has 0 atom stereocenters. The van der Waals surface area contributed by atoms with Crippen molar-refractivity contribution in [1.82, 2.24) is 0 Å². The van der Waals surface area contributed by atoms with Crippen LogP contribution in [0.5, 0.6) is 0 Å². The highest BCUT2D eigenvalue weighted by Gasteiger charge is 2.15. The first-order valence-electron chi connectivity index (χ1n) is 15.4. The normalized spacial score (nSPS) is 11.1. The number of hydrogen-bond donors (Lipinski definition) is 0. The molecule has 0 N–H and O–H groups in total. The molecule has 8 aromatic carbocycles. The second-order valence-corrected chi connectivity index (χ2v) is 11.4. The van der Waals surface area contributed by atoms with Gasteiger partial charge in [0.2, 0.25) is 0 Å². The second kappa shape index (κ2) is 11.6. The van der Waals surface area contributed by atoms with Gasteiger partial charge in [-0.15, -0.1) is 0 Å². The third kappa shape index (κ3) is 5.15. The highest BCUT2D eigenvalue weighted by atomic mass is 15.1. The van der Waals surface area contributed by atoms with Crippen LogP contribution in [0.1, 0.15) is 0 Å². The van der Waals surface area contributed by atoms with E-state index in [-0.39, 0.29) is 0 Å². The van der Waals surface area contributed by atoms with Crippen molar-refractivity contribution in [2.75, 3.05) is 4.90 Å². The fraction of sp³-hybridized carbons (Fsp3) is 0. The van der Waals surface area contributed by atoms with E-state index in [4.69, 9.17) is 0 Å². The first kappa shape index (κ1) is 26.7. The smallest absolute Gasteiger partial charge is 0.0467 e. The van der Waals surface area contributed by atoms with Gasteiger partial charge in [-0.2, -0.15) is 0 Å². The lowest BCUT2D eigenvalue weighted by Gasteiger charge is -2.26. The summed E-state index contributed by atoms with van der Waals surface area (Å²) in [5.74, 6) is 0. The Bertz CT molecular complexity index is 2240. The van der Waals surface area contributed by atoms with E-state index in [0.717, 1.165) is 17.1 Å². The summed E-state index contributed by atoms with van der Waals surface area (Å²) in [7, 11) is 0. The molecule has 0 aliphatic rings. The Morgan fingerprint density at radius 2 is 0.711 bits per heavy atom. The molecule has 0 unspecified atom stereocenters. The first-order valence-corrected chi connectivity index (χ1v) is 15.4. The van der Waals surface area contributed by atoms with Crippen molar-refractivity contribution in [3.63, 3.8) is 0 Å². The fourth-order valence-electron chi connectivity index (χ4n) is 6.44. The topological polar surface area (TPSA) is 3.24 Å². The number of anilines is 3. The minimum Gasteiger partial charge on any atom is -0.310 e. The molecule has 0 radical (unpaired) electrons. The van der Waals surface area contributed by atoms with Crippen LogP contribution < -0.4 is 4.90 Å². The maximum absolute atomic E-state index is 2.36. The summed E-state index contributed by atoms with van der Waals surface area (Å²) in [6.07, 6.45) is 0. The predicted molar refractivity (Wildman–Crippen MR) is 192 cm³/mol. The summed E-state index contributed by atoms with van der Waals surface area (Å²) in [5.41, 5.74) is 10.7. The predicted octanol–water partition coefficient (Wildman–Crippen LogP) is 12.5. The minimum absolute atomic E-state index is 1.11. The molecule has 0 aliphatic carbocycles. The zero-order valence-corrected chi connectivity index (χ0v) is 24.8. The van der Waals surface area contributed by atoms with Crippen LogP contribution in [-0.4, -0.2) is 0 Å².